The predicted molar refractivity (Wildman–Crippen MR) is 67.4 cm³/mol. The summed E-state index contributed by atoms with van der Waals surface area (Å²) in [7, 11) is 0. The molecule has 0 spiro atoms. The second kappa shape index (κ2) is 5.55. The van der Waals surface area contributed by atoms with E-state index < -0.39 is 11.6 Å². The van der Waals surface area contributed by atoms with Crippen LogP contribution >= 0.6 is 23.2 Å². The highest BCUT2D eigenvalue weighted by molar-refractivity contribution is 6.32. The maximum absolute atomic E-state index is 13.0. The molecule has 0 fully saturated rings. The molecule has 0 saturated heterocycles. The molecule has 2 rings (SSSR count). The van der Waals surface area contributed by atoms with Crippen molar-refractivity contribution < 1.29 is 13.5 Å². The van der Waals surface area contributed by atoms with Gasteiger partial charge >= 0.3 is 0 Å². The molecule has 0 atom stereocenters. The van der Waals surface area contributed by atoms with Gasteiger partial charge in [-0.05, 0) is 17.7 Å². The van der Waals surface area contributed by atoms with Crippen molar-refractivity contribution >= 4 is 23.2 Å². The number of alkyl halides is 1. The number of rotatable bonds is 3. The minimum absolute atomic E-state index is 0.0491. The van der Waals surface area contributed by atoms with E-state index in [1.165, 1.54) is 0 Å². The van der Waals surface area contributed by atoms with E-state index in [9.17, 15) is 8.78 Å². The van der Waals surface area contributed by atoms with Crippen LogP contribution in [0.3, 0.4) is 0 Å². The summed E-state index contributed by atoms with van der Waals surface area (Å²) in [6, 6.07) is 7.89. The molecule has 0 unspecified atom stereocenters. The van der Waals surface area contributed by atoms with Gasteiger partial charge in [-0.25, -0.2) is 8.78 Å². The third-order valence-electron chi connectivity index (χ3n) is 2.21. The van der Waals surface area contributed by atoms with Crippen molar-refractivity contribution in [1.82, 2.24) is 0 Å². The van der Waals surface area contributed by atoms with Crippen molar-refractivity contribution in [2.75, 3.05) is 0 Å². The summed E-state index contributed by atoms with van der Waals surface area (Å²) in [5.74, 6) is -0.727. The zero-order valence-electron chi connectivity index (χ0n) is 9.09. The van der Waals surface area contributed by atoms with Crippen LogP contribution in [0.2, 0.25) is 5.02 Å². The SMILES string of the molecule is Fc1cc(F)cc(Oc2ccc(CCl)cc2Cl)c1. The zero-order valence-corrected chi connectivity index (χ0v) is 10.6. The third kappa shape index (κ3) is 3.12. The molecule has 5 heteroatoms. The molecular formula is C13H8Cl2F2O. The van der Waals surface area contributed by atoms with E-state index >= 15 is 0 Å². The molecule has 0 radical (unpaired) electrons. The topological polar surface area (TPSA) is 9.23 Å². The Morgan fingerprint density at radius 2 is 1.67 bits per heavy atom. The summed E-state index contributed by atoms with van der Waals surface area (Å²) in [4.78, 5) is 0. The average molecular weight is 289 g/mol. The normalized spacial score (nSPS) is 10.4. The van der Waals surface area contributed by atoms with Crippen molar-refractivity contribution in [1.29, 1.82) is 0 Å². The number of halogens is 4. The summed E-state index contributed by atoms with van der Waals surface area (Å²) in [6.45, 7) is 0. The Morgan fingerprint density at radius 1 is 1.00 bits per heavy atom. The molecule has 0 aliphatic rings. The molecule has 0 aliphatic carbocycles. The van der Waals surface area contributed by atoms with E-state index in [2.05, 4.69) is 0 Å². The number of benzene rings is 2. The van der Waals surface area contributed by atoms with Crippen LogP contribution in [-0.4, -0.2) is 0 Å². The Labute approximate surface area is 113 Å². The molecule has 0 amide bonds. The first-order valence-electron chi connectivity index (χ1n) is 5.07. The molecular weight excluding hydrogens is 281 g/mol. The molecule has 94 valence electrons. The summed E-state index contributed by atoms with van der Waals surface area (Å²) >= 11 is 11.6. The van der Waals surface area contributed by atoms with Gasteiger partial charge in [-0.15, -0.1) is 11.6 Å². The van der Waals surface area contributed by atoms with Gasteiger partial charge in [0.15, 0.2) is 0 Å². The fourth-order valence-corrected chi connectivity index (χ4v) is 1.83. The average Bonchev–Trinajstić information content (AvgIpc) is 2.30. The Hall–Kier alpha value is -1.32. The van der Waals surface area contributed by atoms with Crippen molar-refractivity contribution in [2.24, 2.45) is 0 Å². The molecule has 2 aromatic rings. The van der Waals surface area contributed by atoms with Gasteiger partial charge in [-0.3, -0.25) is 0 Å². The Bertz CT molecular complexity index is 553. The maximum atomic E-state index is 13.0. The first-order valence-corrected chi connectivity index (χ1v) is 5.98. The molecule has 0 N–H and O–H groups in total. The van der Waals surface area contributed by atoms with Gasteiger partial charge in [0.25, 0.3) is 0 Å². The van der Waals surface area contributed by atoms with Crippen LogP contribution in [0, 0.1) is 11.6 Å². The smallest absolute Gasteiger partial charge is 0.146 e. The highest BCUT2D eigenvalue weighted by atomic mass is 35.5. The molecule has 0 heterocycles. The fraction of sp³-hybridized carbons (Fsp3) is 0.0769. The van der Waals surface area contributed by atoms with Crippen LogP contribution in [0.5, 0.6) is 11.5 Å². The number of ether oxygens (including phenoxy) is 1. The van der Waals surface area contributed by atoms with Crippen LogP contribution in [0.4, 0.5) is 8.78 Å². The highest BCUT2D eigenvalue weighted by Crippen LogP contribution is 2.31. The van der Waals surface area contributed by atoms with E-state index in [0.29, 0.717) is 16.7 Å². The number of hydrogen-bond donors (Lipinski definition) is 0. The lowest BCUT2D eigenvalue weighted by molar-refractivity contribution is 0.468. The van der Waals surface area contributed by atoms with Gasteiger partial charge in [-0.2, -0.15) is 0 Å². The largest absolute Gasteiger partial charge is 0.456 e. The van der Waals surface area contributed by atoms with Crippen molar-refractivity contribution in [3.63, 3.8) is 0 Å². The Kier molecular flexibility index (Phi) is 4.04. The zero-order chi connectivity index (χ0) is 13.1. The van der Waals surface area contributed by atoms with Gasteiger partial charge < -0.3 is 4.74 Å². The lowest BCUT2D eigenvalue weighted by Crippen LogP contribution is -1.89. The lowest BCUT2D eigenvalue weighted by atomic mass is 10.2. The summed E-state index contributed by atoms with van der Waals surface area (Å²) in [6.07, 6.45) is 0. The first-order chi connectivity index (χ1) is 8.58. The molecule has 0 saturated carbocycles. The van der Waals surface area contributed by atoms with E-state index in [4.69, 9.17) is 27.9 Å². The molecule has 2 aromatic carbocycles. The van der Waals surface area contributed by atoms with Crippen LogP contribution in [0.1, 0.15) is 5.56 Å². The Balaban J connectivity index is 2.28. The van der Waals surface area contributed by atoms with E-state index in [1.807, 2.05) is 0 Å². The van der Waals surface area contributed by atoms with Gasteiger partial charge in [0.2, 0.25) is 0 Å². The van der Waals surface area contributed by atoms with Gasteiger partial charge in [0.05, 0.1) is 5.02 Å². The summed E-state index contributed by atoms with van der Waals surface area (Å²) in [5.41, 5.74) is 0.833. The molecule has 18 heavy (non-hydrogen) atoms. The van der Waals surface area contributed by atoms with Crippen molar-refractivity contribution in [2.45, 2.75) is 5.88 Å². The van der Waals surface area contributed by atoms with Gasteiger partial charge in [0.1, 0.15) is 23.1 Å². The molecule has 0 aliphatic heterocycles. The second-order valence-electron chi connectivity index (χ2n) is 3.61. The third-order valence-corrected chi connectivity index (χ3v) is 2.82. The van der Waals surface area contributed by atoms with Crippen LogP contribution < -0.4 is 4.74 Å². The lowest BCUT2D eigenvalue weighted by Gasteiger charge is -2.08. The van der Waals surface area contributed by atoms with Gasteiger partial charge in [-0.1, -0.05) is 17.7 Å². The van der Waals surface area contributed by atoms with Crippen LogP contribution in [-0.2, 0) is 5.88 Å². The predicted octanol–water partition coefficient (Wildman–Crippen LogP) is 5.15. The minimum Gasteiger partial charge on any atom is -0.456 e. The molecule has 0 bridgehead atoms. The summed E-state index contributed by atoms with van der Waals surface area (Å²) < 4.78 is 31.3. The Morgan fingerprint density at radius 3 is 2.22 bits per heavy atom. The second-order valence-corrected chi connectivity index (χ2v) is 4.28. The summed E-state index contributed by atoms with van der Waals surface area (Å²) in [5, 5.41) is 0.331. The molecule has 0 aromatic heterocycles. The monoisotopic (exact) mass is 288 g/mol. The van der Waals surface area contributed by atoms with E-state index in [0.717, 1.165) is 23.8 Å². The minimum atomic E-state index is -0.710. The highest BCUT2D eigenvalue weighted by Gasteiger charge is 2.07. The quantitative estimate of drug-likeness (QED) is 0.710. The van der Waals surface area contributed by atoms with Crippen LogP contribution in [0.25, 0.3) is 0 Å². The fourth-order valence-electron chi connectivity index (χ4n) is 1.42. The first kappa shape index (κ1) is 13.1. The van der Waals surface area contributed by atoms with Gasteiger partial charge in [0, 0.05) is 24.1 Å². The van der Waals surface area contributed by atoms with E-state index in [-0.39, 0.29) is 5.75 Å². The standard InChI is InChI=1S/C13H8Cl2F2O/c14-7-8-1-2-13(12(15)3-8)18-11-5-9(16)4-10(17)6-11/h1-6H,7H2. The van der Waals surface area contributed by atoms with Crippen molar-refractivity contribution in [3.8, 4) is 11.5 Å². The maximum Gasteiger partial charge on any atom is 0.146 e. The number of hydrogen-bond acceptors (Lipinski definition) is 1. The molecule has 1 nitrogen and oxygen atoms in total. The van der Waals surface area contributed by atoms with Crippen LogP contribution in [0.15, 0.2) is 36.4 Å². The van der Waals surface area contributed by atoms with Crippen molar-refractivity contribution in [3.05, 3.63) is 58.6 Å². The van der Waals surface area contributed by atoms with E-state index in [1.54, 1.807) is 18.2 Å².